The van der Waals surface area contributed by atoms with Crippen LogP contribution in [-0.4, -0.2) is 31.8 Å². The van der Waals surface area contributed by atoms with Crippen molar-refractivity contribution >= 4 is 11.4 Å². The number of unbranched alkanes of at least 4 members (excludes halogenated alkanes) is 1. The average Bonchev–Trinajstić information content (AvgIpc) is 2.45. The minimum atomic E-state index is -0.403. The molecule has 0 amide bonds. The average molecular weight is 282 g/mol. The van der Waals surface area contributed by atoms with E-state index in [4.69, 9.17) is 9.47 Å². The molecule has 0 aliphatic rings. The molecule has 1 rings (SSSR count). The first-order chi connectivity index (χ1) is 9.69. The van der Waals surface area contributed by atoms with Gasteiger partial charge < -0.3 is 14.8 Å². The highest BCUT2D eigenvalue weighted by molar-refractivity contribution is 5.64. The minimum absolute atomic E-state index is 0.0534. The molecular weight excluding hydrogens is 260 g/mol. The lowest BCUT2D eigenvalue weighted by Crippen LogP contribution is -2.08. The van der Waals surface area contributed by atoms with Gasteiger partial charge in [-0.25, -0.2) is 0 Å². The molecule has 1 N–H and O–H groups in total. The summed E-state index contributed by atoms with van der Waals surface area (Å²) in [5.74, 6) is 0.595. The predicted octanol–water partition coefficient (Wildman–Crippen LogP) is 3.22. The first-order valence-corrected chi connectivity index (χ1v) is 6.83. The van der Waals surface area contributed by atoms with Crippen LogP contribution < -0.4 is 10.1 Å². The van der Waals surface area contributed by atoms with Crippen LogP contribution >= 0.6 is 0 Å². The van der Waals surface area contributed by atoms with Crippen LogP contribution in [0.3, 0.4) is 0 Å². The summed E-state index contributed by atoms with van der Waals surface area (Å²) in [4.78, 5) is 10.5. The molecule has 0 heterocycles. The Morgan fingerprint density at radius 1 is 1.30 bits per heavy atom. The summed E-state index contributed by atoms with van der Waals surface area (Å²) in [5.41, 5.74) is 0.528. The Labute approximate surface area is 119 Å². The van der Waals surface area contributed by atoms with Crippen LogP contribution in [0.25, 0.3) is 0 Å². The molecule has 6 heteroatoms. The van der Waals surface area contributed by atoms with Crippen molar-refractivity contribution in [1.82, 2.24) is 0 Å². The molecule has 0 aliphatic carbocycles. The third-order valence-electron chi connectivity index (χ3n) is 2.82. The molecular formula is C14H22N2O4. The monoisotopic (exact) mass is 282 g/mol. The van der Waals surface area contributed by atoms with Gasteiger partial charge in [0, 0.05) is 31.9 Å². The first kappa shape index (κ1) is 16.2. The van der Waals surface area contributed by atoms with Crippen LogP contribution in [0.2, 0.25) is 0 Å². The molecule has 112 valence electrons. The minimum Gasteiger partial charge on any atom is -0.497 e. The summed E-state index contributed by atoms with van der Waals surface area (Å²) in [7, 11) is 1.53. The predicted molar refractivity (Wildman–Crippen MR) is 78.5 cm³/mol. The van der Waals surface area contributed by atoms with Gasteiger partial charge in [0.15, 0.2) is 0 Å². The second-order valence-electron chi connectivity index (χ2n) is 4.39. The van der Waals surface area contributed by atoms with E-state index in [0.717, 1.165) is 25.9 Å². The van der Waals surface area contributed by atoms with Crippen molar-refractivity contribution in [2.45, 2.75) is 26.2 Å². The van der Waals surface area contributed by atoms with Crippen molar-refractivity contribution in [2.75, 3.05) is 32.2 Å². The third-order valence-corrected chi connectivity index (χ3v) is 2.82. The number of hydrogen-bond acceptors (Lipinski definition) is 5. The van der Waals surface area contributed by atoms with E-state index < -0.39 is 4.92 Å². The lowest BCUT2D eigenvalue weighted by atomic mass is 10.2. The Bertz CT molecular complexity index is 424. The molecule has 6 nitrogen and oxygen atoms in total. The van der Waals surface area contributed by atoms with Crippen LogP contribution in [0.15, 0.2) is 18.2 Å². The quantitative estimate of drug-likeness (QED) is 0.405. The zero-order valence-corrected chi connectivity index (χ0v) is 12.1. The van der Waals surface area contributed by atoms with Crippen LogP contribution in [0, 0.1) is 10.1 Å². The highest BCUT2D eigenvalue weighted by Crippen LogP contribution is 2.28. The molecule has 0 fully saturated rings. The number of nitro benzene ring substituents is 1. The van der Waals surface area contributed by atoms with Crippen molar-refractivity contribution < 1.29 is 14.4 Å². The molecule has 1 aromatic rings. The fourth-order valence-corrected chi connectivity index (χ4v) is 1.69. The highest BCUT2D eigenvalue weighted by atomic mass is 16.6. The van der Waals surface area contributed by atoms with Gasteiger partial charge >= 0.3 is 0 Å². The Hall–Kier alpha value is -1.82. The second-order valence-corrected chi connectivity index (χ2v) is 4.39. The van der Waals surface area contributed by atoms with E-state index in [1.807, 2.05) is 0 Å². The number of rotatable bonds is 10. The van der Waals surface area contributed by atoms with Crippen LogP contribution in [0.4, 0.5) is 11.4 Å². The summed E-state index contributed by atoms with van der Waals surface area (Å²) in [6, 6.07) is 4.66. The van der Waals surface area contributed by atoms with E-state index in [1.165, 1.54) is 13.2 Å². The fraction of sp³-hybridized carbons (Fsp3) is 0.571. The van der Waals surface area contributed by atoms with E-state index in [0.29, 0.717) is 24.6 Å². The normalized spacial score (nSPS) is 10.3. The van der Waals surface area contributed by atoms with Crippen molar-refractivity contribution in [2.24, 2.45) is 0 Å². The SMILES string of the molecule is CCCCOCCCNc1cc(OC)ccc1[N+](=O)[O-]. The molecule has 0 bridgehead atoms. The van der Waals surface area contributed by atoms with Gasteiger partial charge in [-0.2, -0.15) is 0 Å². The van der Waals surface area contributed by atoms with Crippen molar-refractivity contribution in [3.63, 3.8) is 0 Å². The number of methoxy groups -OCH3 is 1. The highest BCUT2D eigenvalue weighted by Gasteiger charge is 2.13. The number of nitrogens with zero attached hydrogens (tertiary/aromatic N) is 1. The van der Waals surface area contributed by atoms with Crippen molar-refractivity contribution in [1.29, 1.82) is 0 Å². The Balaban J connectivity index is 2.43. The molecule has 20 heavy (non-hydrogen) atoms. The number of ether oxygens (including phenoxy) is 2. The molecule has 0 aromatic heterocycles. The maximum Gasteiger partial charge on any atom is 0.292 e. The van der Waals surface area contributed by atoms with Gasteiger partial charge in [-0.3, -0.25) is 10.1 Å². The number of hydrogen-bond donors (Lipinski definition) is 1. The van der Waals surface area contributed by atoms with E-state index >= 15 is 0 Å². The van der Waals surface area contributed by atoms with Crippen molar-refractivity contribution in [3.05, 3.63) is 28.3 Å². The van der Waals surface area contributed by atoms with Crippen LogP contribution in [0.1, 0.15) is 26.2 Å². The van der Waals surface area contributed by atoms with Gasteiger partial charge in [0.2, 0.25) is 0 Å². The third kappa shape index (κ3) is 5.44. The molecule has 0 radical (unpaired) electrons. The van der Waals surface area contributed by atoms with Gasteiger partial charge in [-0.1, -0.05) is 13.3 Å². The van der Waals surface area contributed by atoms with Gasteiger partial charge in [-0.05, 0) is 18.9 Å². The number of nitrogens with one attached hydrogen (secondary N) is 1. The number of anilines is 1. The smallest absolute Gasteiger partial charge is 0.292 e. The maximum absolute atomic E-state index is 10.9. The lowest BCUT2D eigenvalue weighted by molar-refractivity contribution is -0.384. The number of nitro groups is 1. The van der Waals surface area contributed by atoms with E-state index in [1.54, 1.807) is 12.1 Å². The molecule has 1 aromatic carbocycles. The Morgan fingerprint density at radius 2 is 2.05 bits per heavy atom. The Kier molecular flexibility index (Phi) is 7.42. The first-order valence-electron chi connectivity index (χ1n) is 6.83. The van der Waals surface area contributed by atoms with Crippen LogP contribution in [0.5, 0.6) is 5.75 Å². The van der Waals surface area contributed by atoms with Crippen LogP contribution in [-0.2, 0) is 4.74 Å². The zero-order valence-electron chi connectivity index (χ0n) is 12.1. The van der Waals surface area contributed by atoms with Gasteiger partial charge in [0.05, 0.1) is 12.0 Å². The number of benzene rings is 1. The largest absolute Gasteiger partial charge is 0.497 e. The van der Waals surface area contributed by atoms with E-state index in [-0.39, 0.29) is 5.69 Å². The Morgan fingerprint density at radius 3 is 2.70 bits per heavy atom. The molecule has 0 atom stereocenters. The van der Waals surface area contributed by atoms with Crippen molar-refractivity contribution in [3.8, 4) is 5.75 Å². The van der Waals surface area contributed by atoms with E-state index in [9.17, 15) is 10.1 Å². The van der Waals surface area contributed by atoms with Gasteiger partial charge in [0.25, 0.3) is 5.69 Å². The summed E-state index contributed by atoms with van der Waals surface area (Å²) >= 11 is 0. The molecule has 0 aliphatic heterocycles. The summed E-state index contributed by atoms with van der Waals surface area (Å²) in [5, 5.41) is 14.0. The maximum atomic E-state index is 10.9. The molecule has 0 saturated carbocycles. The summed E-state index contributed by atoms with van der Waals surface area (Å²) < 4.78 is 10.5. The summed E-state index contributed by atoms with van der Waals surface area (Å²) in [6.45, 7) is 4.17. The van der Waals surface area contributed by atoms with Gasteiger partial charge in [0.1, 0.15) is 11.4 Å². The summed E-state index contributed by atoms with van der Waals surface area (Å²) in [6.07, 6.45) is 2.99. The molecule has 0 spiro atoms. The zero-order chi connectivity index (χ0) is 14.8. The second kappa shape index (κ2) is 9.14. The fourth-order valence-electron chi connectivity index (χ4n) is 1.69. The lowest BCUT2D eigenvalue weighted by Gasteiger charge is -2.09. The topological polar surface area (TPSA) is 73.6 Å². The van der Waals surface area contributed by atoms with E-state index in [2.05, 4.69) is 12.2 Å². The molecule has 0 unspecified atom stereocenters. The molecule has 0 saturated heterocycles. The standard InChI is InChI=1S/C14H22N2O4/c1-3-4-9-20-10-5-8-15-13-11-12(19-2)6-7-14(13)16(17)18/h6-7,11,15H,3-5,8-10H2,1-2H3. The van der Waals surface area contributed by atoms with Gasteiger partial charge in [-0.15, -0.1) is 0 Å².